The van der Waals surface area contributed by atoms with Gasteiger partial charge >= 0.3 is 0 Å². The summed E-state index contributed by atoms with van der Waals surface area (Å²) < 4.78 is 5.16. The summed E-state index contributed by atoms with van der Waals surface area (Å²) in [6, 6.07) is 8.13. The predicted octanol–water partition coefficient (Wildman–Crippen LogP) is 3.94. The number of nitrogens with one attached hydrogen (secondary N) is 1. The Morgan fingerprint density at radius 3 is 2.76 bits per heavy atom. The van der Waals surface area contributed by atoms with Crippen LogP contribution in [0.4, 0.5) is 0 Å². The second-order valence-electron chi connectivity index (χ2n) is 4.05. The second kappa shape index (κ2) is 5.39. The van der Waals surface area contributed by atoms with Crippen LogP contribution in [0, 0.1) is 6.92 Å². The van der Waals surface area contributed by atoms with Crippen molar-refractivity contribution >= 4 is 11.6 Å². The van der Waals surface area contributed by atoms with Gasteiger partial charge in [-0.15, -0.1) is 0 Å². The molecule has 0 aliphatic rings. The number of furan rings is 1. The van der Waals surface area contributed by atoms with Crippen LogP contribution in [-0.2, 0) is 0 Å². The molecule has 90 valence electrons. The van der Waals surface area contributed by atoms with Gasteiger partial charge in [-0.2, -0.15) is 0 Å². The van der Waals surface area contributed by atoms with E-state index in [1.54, 1.807) is 12.5 Å². The topological polar surface area (TPSA) is 25.2 Å². The van der Waals surface area contributed by atoms with Crippen LogP contribution < -0.4 is 5.32 Å². The van der Waals surface area contributed by atoms with Gasteiger partial charge in [0.05, 0.1) is 18.6 Å². The maximum absolute atomic E-state index is 5.98. The van der Waals surface area contributed by atoms with Gasteiger partial charge in [0.15, 0.2) is 0 Å². The summed E-state index contributed by atoms with van der Waals surface area (Å²) in [6.45, 7) is 5.07. The number of hydrogen-bond donors (Lipinski definition) is 1. The minimum absolute atomic E-state index is 0.163. The molecule has 2 rings (SSSR count). The number of hydrogen-bond acceptors (Lipinski definition) is 2. The molecule has 0 bridgehead atoms. The highest BCUT2D eigenvalue weighted by Crippen LogP contribution is 2.27. The number of aryl methyl sites for hydroxylation is 1. The molecule has 1 heterocycles. The first kappa shape index (κ1) is 12.2. The van der Waals surface area contributed by atoms with Gasteiger partial charge in [0.1, 0.15) is 0 Å². The van der Waals surface area contributed by atoms with Crippen LogP contribution in [0.3, 0.4) is 0 Å². The van der Waals surface area contributed by atoms with E-state index >= 15 is 0 Å². The Hall–Kier alpha value is -1.25. The molecule has 0 spiro atoms. The molecule has 0 radical (unpaired) electrons. The van der Waals surface area contributed by atoms with Crippen molar-refractivity contribution in [3.63, 3.8) is 0 Å². The fourth-order valence-electron chi connectivity index (χ4n) is 2.01. The highest BCUT2D eigenvalue weighted by molar-refractivity contribution is 6.30. The van der Waals surface area contributed by atoms with Crippen LogP contribution in [0.2, 0.25) is 5.02 Å². The SMILES string of the molecule is CCNC(c1ccoc1)c1ccc(Cl)cc1C. The maximum Gasteiger partial charge on any atom is 0.0953 e. The lowest BCUT2D eigenvalue weighted by atomic mass is 9.97. The summed E-state index contributed by atoms with van der Waals surface area (Å²) in [4.78, 5) is 0. The van der Waals surface area contributed by atoms with Crippen molar-refractivity contribution in [3.8, 4) is 0 Å². The lowest BCUT2D eigenvalue weighted by Crippen LogP contribution is -2.22. The molecule has 0 saturated heterocycles. The van der Waals surface area contributed by atoms with Gasteiger partial charge in [-0.25, -0.2) is 0 Å². The van der Waals surface area contributed by atoms with Crippen LogP contribution in [-0.4, -0.2) is 6.54 Å². The fraction of sp³-hybridized carbons (Fsp3) is 0.286. The lowest BCUT2D eigenvalue weighted by molar-refractivity contribution is 0.552. The number of halogens is 1. The maximum atomic E-state index is 5.98. The van der Waals surface area contributed by atoms with E-state index in [1.165, 1.54) is 11.1 Å². The largest absolute Gasteiger partial charge is 0.472 e. The van der Waals surface area contributed by atoms with E-state index in [4.69, 9.17) is 16.0 Å². The third-order valence-electron chi connectivity index (χ3n) is 2.83. The summed E-state index contributed by atoms with van der Waals surface area (Å²) in [7, 11) is 0. The van der Waals surface area contributed by atoms with Crippen molar-refractivity contribution in [1.29, 1.82) is 0 Å². The van der Waals surface area contributed by atoms with Gasteiger partial charge in [-0.05, 0) is 42.8 Å². The molecule has 2 aromatic rings. The van der Waals surface area contributed by atoms with Crippen LogP contribution in [0.15, 0.2) is 41.2 Å². The molecule has 1 aromatic carbocycles. The molecule has 17 heavy (non-hydrogen) atoms. The molecular weight excluding hydrogens is 234 g/mol. The first-order chi connectivity index (χ1) is 8.22. The highest BCUT2D eigenvalue weighted by Gasteiger charge is 2.16. The average Bonchev–Trinajstić information content (AvgIpc) is 2.80. The fourth-order valence-corrected chi connectivity index (χ4v) is 2.24. The summed E-state index contributed by atoms with van der Waals surface area (Å²) in [6.07, 6.45) is 3.48. The Kier molecular flexibility index (Phi) is 3.87. The minimum atomic E-state index is 0.163. The Morgan fingerprint density at radius 2 is 2.18 bits per heavy atom. The molecule has 0 saturated carbocycles. The molecule has 0 aliphatic heterocycles. The smallest absolute Gasteiger partial charge is 0.0953 e. The van der Waals surface area contributed by atoms with E-state index in [-0.39, 0.29) is 6.04 Å². The first-order valence-electron chi connectivity index (χ1n) is 5.74. The van der Waals surface area contributed by atoms with Gasteiger partial charge < -0.3 is 9.73 Å². The first-order valence-corrected chi connectivity index (χ1v) is 6.11. The van der Waals surface area contributed by atoms with Crippen LogP contribution in [0.5, 0.6) is 0 Å². The lowest BCUT2D eigenvalue weighted by Gasteiger charge is -2.19. The summed E-state index contributed by atoms with van der Waals surface area (Å²) in [5.41, 5.74) is 3.56. The Bertz CT molecular complexity index is 479. The van der Waals surface area contributed by atoms with E-state index in [0.717, 1.165) is 17.1 Å². The molecule has 0 aliphatic carbocycles. The molecule has 0 amide bonds. The van der Waals surface area contributed by atoms with Crippen molar-refractivity contribution in [2.24, 2.45) is 0 Å². The quantitative estimate of drug-likeness (QED) is 0.888. The standard InChI is InChI=1S/C14H16ClNO/c1-3-16-14(11-6-7-17-9-11)13-5-4-12(15)8-10(13)2/h4-9,14,16H,3H2,1-2H3. The Morgan fingerprint density at radius 1 is 1.35 bits per heavy atom. The summed E-state index contributed by atoms with van der Waals surface area (Å²) in [5.74, 6) is 0. The van der Waals surface area contributed by atoms with Crippen molar-refractivity contribution in [2.45, 2.75) is 19.9 Å². The normalized spacial score (nSPS) is 12.6. The van der Waals surface area contributed by atoms with E-state index in [1.807, 2.05) is 18.2 Å². The van der Waals surface area contributed by atoms with Gasteiger partial charge in [0.25, 0.3) is 0 Å². The van der Waals surface area contributed by atoms with Gasteiger partial charge in [0, 0.05) is 10.6 Å². The van der Waals surface area contributed by atoms with E-state index in [2.05, 4.69) is 25.2 Å². The highest BCUT2D eigenvalue weighted by atomic mass is 35.5. The second-order valence-corrected chi connectivity index (χ2v) is 4.48. The molecule has 0 fully saturated rings. The molecular formula is C14H16ClNO. The molecule has 2 nitrogen and oxygen atoms in total. The van der Waals surface area contributed by atoms with Gasteiger partial charge in [-0.3, -0.25) is 0 Å². The Balaban J connectivity index is 2.39. The van der Waals surface area contributed by atoms with Crippen LogP contribution >= 0.6 is 11.6 Å². The predicted molar refractivity (Wildman–Crippen MR) is 70.4 cm³/mol. The average molecular weight is 250 g/mol. The number of benzene rings is 1. The third-order valence-corrected chi connectivity index (χ3v) is 3.06. The van der Waals surface area contributed by atoms with Crippen molar-refractivity contribution in [3.05, 3.63) is 58.5 Å². The Labute approximate surface area is 107 Å². The molecule has 1 N–H and O–H groups in total. The van der Waals surface area contributed by atoms with Crippen molar-refractivity contribution < 1.29 is 4.42 Å². The summed E-state index contributed by atoms with van der Waals surface area (Å²) in [5, 5.41) is 4.23. The summed E-state index contributed by atoms with van der Waals surface area (Å²) >= 11 is 5.98. The van der Waals surface area contributed by atoms with Crippen LogP contribution in [0.1, 0.15) is 29.7 Å². The zero-order valence-corrected chi connectivity index (χ0v) is 10.8. The van der Waals surface area contributed by atoms with Crippen LogP contribution in [0.25, 0.3) is 0 Å². The van der Waals surface area contributed by atoms with E-state index in [0.29, 0.717) is 0 Å². The molecule has 1 aromatic heterocycles. The van der Waals surface area contributed by atoms with Gasteiger partial charge in [0.2, 0.25) is 0 Å². The third kappa shape index (κ3) is 2.71. The van der Waals surface area contributed by atoms with E-state index in [9.17, 15) is 0 Å². The van der Waals surface area contributed by atoms with Gasteiger partial charge in [-0.1, -0.05) is 24.6 Å². The molecule has 1 unspecified atom stereocenters. The zero-order chi connectivity index (χ0) is 12.3. The number of rotatable bonds is 4. The van der Waals surface area contributed by atoms with Crippen molar-refractivity contribution in [2.75, 3.05) is 6.54 Å². The molecule has 3 heteroatoms. The monoisotopic (exact) mass is 249 g/mol. The molecule has 1 atom stereocenters. The zero-order valence-electron chi connectivity index (χ0n) is 10.0. The van der Waals surface area contributed by atoms with Crippen molar-refractivity contribution in [1.82, 2.24) is 5.32 Å². The van der Waals surface area contributed by atoms with E-state index < -0.39 is 0 Å². The minimum Gasteiger partial charge on any atom is -0.472 e.